The molecule has 19 heavy (non-hydrogen) atoms. The van der Waals surface area contributed by atoms with Crippen molar-refractivity contribution in [2.45, 2.75) is 48.8 Å². The van der Waals surface area contributed by atoms with E-state index in [-0.39, 0.29) is 10.4 Å². The second-order valence-electron chi connectivity index (χ2n) is 4.94. The second-order valence-corrected chi connectivity index (χ2v) is 6.86. The lowest BCUT2D eigenvalue weighted by Crippen LogP contribution is -2.44. The summed E-state index contributed by atoms with van der Waals surface area (Å²) >= 11 is 0. The molecule has 0 atom stereocenters. The molecule has 0 radical (unpaired) electrons. The lowest BCUT2D eigenvalue weighted by Gasteiger charge is -2.43. The average molecular weight is 289 g/mol. The summed E-state index contributed by atoms with van der Waals surface area (Å²) < 4.78 is 47.3. The van der Waals surface area contributed by atoms with Crippen molar-refractivity contribution in [3.63, 3.8) is 0 Å². The zero-order chi connectivity index (χ0) is 14.1. The first-order valence-corrected chi connectivity index (χ1v) is 7.85. The van der Waals surface area contributed by atoms with Gasteiger partial charge in [-0.15, -0.1) is 0 Å². The minimum absolute atomic E-state index is 0.0864. The number of rotatable bonds is 5. The lowest BCUT2D eigenvalue weighted by molar-refractivity contribution is 0.234. The van der Waals surface area contributed by atoms with Crippen molar-refractivity contribution in [2.75, 3.05) is 5.32 Å². The molecule has 1 fully saturated rings. The molecule has 6 heteroatoms. The summed E-state index contributed by atoms with van der Waals surface area (Å²) in [5, 5.41) is 3.37. The van der Waals surface area contributed by atoms with Crippen LogP contribution in [-0.4, -0.2) is 19.7 Å². The summed E-state index contributed by atoms with van der Waals surface area (Å²) in [6.45, 7) is 2.10. The molecule has 1 aliphatic rings. The van der Waals surface area contributed by atoms with E-state index < -0.39 is 15.6 Å². The monoisotopic (exact) mass is 289 g/mol. The van der Waals surface area contributed by atoms with Crippen LogP contribution in [0.4, 0.5) is 14.5 Å². The van der Waals surface area contributed by atoms with Crippen molar-refractivity contribution < 1.29 is 17.2 Å². The lowest BCUT2D eigenvalue weighted by atomic mass is 9.74. The Bertz CT molecular complexity index is 531. The molecule has 0 aliphatic heterocycles. The quantitative estimate of drug-likeness (QED) is 0.903. The van der Waals surface area contributed by atoms with Gasteiger partial charge in [-0.2, -0.15) is 8.78 Å². The van der Waals surface area contributed by atoms with Gasteiger partial charge in [0.25, 0.3) is 0 Å². The van der Waals surface area contributed by atoms with Crippen molar-refractivity contribution in [3.8, 4) is 0 Å². The Morgan fingerprint density at radius 3 is 2.21 bits per heavy atom. The predicted molar refractivity (Wildman–Crippen MR) is 70.1 cm³/mol. The van der Waals surface area contributed by atoms with Gasteiger partial charge in [0.1, 0.15) is 0 Å². The van der Waals surface area contributed by atoms with Crippen LogP contribution in [0.25, 0.3) is 0 Å². The fraction of sp³-hybridized carbons (Fsp3) is 0.538. The molecule has 1 aromatic rings. The van der Waals surface area contributed by atoms with Gasteiger partial charge in [0.15, 0.2) is 0 Å². The number of halogens is 2. The first-order valence-electron chi connectivity index (χ1n) is 6.30. The number of anilines is 1. The van der Waals surface area contributed by atoms with E-state index >= 15 is 0 Å². The Morgan fingerprint density at radius 2 is 1.84 bits per heavy atom. The molecule has 1 N–H and O–H groups in total. The molecule has 0 heterocycles. The minimum atomic E-state index is -4.50. The van der Waals surface area contributed by atoms with Gasteiger partial charge in [-0.05, 0) is 49.9 Å². The van der Waals surface area contributed by atoms with E-state index in [9.17, 15) is 17.2 Å². The Balaban J connectivity index is 2.15. The third-order valence-corrected chi connectivity index (χ3v) is 5.21. The van der Waals surface area contributed by atoms with E-state index in [0.29, 0.717) is 0 Å². The Kier molecular flexibility index (Phi) is 3.80. The first-order chi connectivity index (χ1) is 8.89. The van der Waals surface area contributed by atoms with Crippen LogP contribution in [0.15, 0.2) is 29.2 Å². The van der Waals surface area contributed by atoms with Gasteiger partial charge in [0.05, 0.1) is 4.90 Å². The highest BCUT2D eigenvalue weighted by atomic mass is 32.2. The Hall–Kier alpha value is -1.17. The average Bonchev–Trinajstić information content (AvgIpc) is 2.34. The molecule has 1 aromatic carbocycles. The maximum atomic E-state index is 12.4. The van der Waals surface area contributed by atoms with Gasteiger partial charge >= 0.3 is 5.76 Å². The van der Waals surface area contributed by atoms with Crippen LogP contribution in [0, 0.1) is 0 Å². The van der Waals surface area contributed by atoms with Crippen molar-refractivity contribution in [1.82, 2.24) is 0 Å². The predicted octanol–water partition coefficient (Wildman–Crippen LogP) is 3.43. The molecule has 0 aromatic heterocycles. The van der Waals surface area contributed by atoms with Crippen molar-refractivity contribution in [1.29, 1.82) is 0 Å². The van der Waals surface area contributed by atoms with E-state index in [1.54, 1.807) is 12.1 Å². The number of alkyl halides is 2. The topological polar surface area (TPSA) is 46.2 Å². The molecule has 2 rings (SSSR count). The molecular formula is C13H17F2NO2S. The van der Waals surface area contributed by atoms with E-state index in [4.69, 9.17) is 0 Å². The third kappa shape index (κ3) is 2.73. The number of hydrogen-bond acceptors (Lipinski definition) is 3. The number of hydrogen-bond donors (Lipinski definition) is 1. The zero-order valence-electron chi connectivity index (χ0n) is 10.7. The standard InChI is InChI=1S/C13H17F2NO2S/c1-2-13(8-3-9-13)16-10-4-6-11(7-5-10)19(17,18)12(14)15/h4-7,12,16H,2-3,8-9H2,1H3. The number of sulfone groups is 1. The molecule has 3 nitrogen and oxygen atoms in total. The van der Waals surface area contributed by atoms with E-state index in [1.807, 2.05) is 0 Å². The van der Waals surface area contributed by atoms with Gasteiger partial charge in [-0.25, -0.2) is 8.42 Å². The Labute approximate surface area is 111 Å². The SMILES string of the molecule is CCC1(Nc2ccc(S(=O)(=O)C(F)F)cc2)CCC1. The fourth-order valence-electron chi connectivity index (χ4n) is 2.31. The molecule has 1 saturated carbocycles. The van der Waals surface area contributed by atoms with E-state index in [2.05, 4.69) is 12.2 Å². The van der Waals surface area contributed by atoms with Crippen LogP contribution in [0.2, 0.25) is 0 Å². The van der Waals surface area contributed by atoms with Gasteiger partial charge in [0, 0.05) is 11.2 Å². The Morgan fingerprint density at radius 1 is 1.26 bits per heavy atom. The van der Waals surface area contributed by atoms with Crippen LogP contribution in [-0.2, 0) is 9.84 Å². The molecule has 0 bridgehead atoms. The van der Waals surface area contributed by atoms with E-state index in [0.717, 1.165) is 24.9 Å². The van der Waals surface area contributed by atoms with Gasteiger partial charge in [-0.1, -0.05) is 6.92 Å². The third-order valence-electron chi connectivity index (χ3n) is 3.81. The summed E-state index contributed by atoms with van der Waals surface area (Å²) in [6.07, 6.45) is 4.34. The van der Waals surface area contributed by atoms with Gasteiger partial charge < -0.3 is 5.32 Å². The van der Waals surface area contributed by atoms with Crippen LogP contribution in [0.3, 0.4) is 0 Å². The molecule has 0 amide bonds. The van der Waals surface area contributed by atoms with Crippen molar-refractivity contribution in [2.24, 2.45) is 0 Å². The molecule has 0 spiro atoms. The highest BCUT2D eigenvalue weighted by Gasteiger charge is 2.34. The summed E-state index contributed by atoms with van der Waals surface area (Å²) in [7, 11) is -4.50. The summed E-state index contributed by atoms with van der Waals surface area (Å²) in [5.74, 6) is -3.38. The van der Waals surface area contributed by atoms with Crippen molar-refractivity contribution in [3.05, 3.63) is 24.3 Å². The highest BCUT2D eigenvalue weighted by Crippen LogP contribution is 2.38. The van der Waals surface area contributed by atoms with Crippen LogP contribution < -0.4 is 5.32 Å². The normalized spacial score (nSPS) is 18.1. The molecule has 1 aliphatic carbocycles. The van der Waals surface area contributed by atoms with E-state index in [1.165, 1.54) is 18.6 Å². The maximum absolute atomic E-state index is 12.4. The second kappa shape index (κ2) is 5.07. The van der Waals surface area contributed by atoms with Crippen LogP contribution in [0.1, 0.15) is 32.6 Å². The number of nitrogens with one attached hydrogen (secondary N) is 1. The molecule has 0 unspecified atom stereocenters. The number of benzene rings is 1. The van der Waals surface area contributed by atoms with Gasteiger partial charge in [-0.3, -0.25) is 0 Å². The molecule has 106 valence electrons. The summed E-state index contributed by atoms with van der Waals surface area (Å²) in [6, 6.07) is 5.55. The van der Waals surface area contributed by atoms with Gasteiger partial charge in [0.2, 0.25) is 9.84 Å². The minimum Gasteiger partial charge on any atom is -0.380 e. The molecule has 0 saturated heterocycles. The summed E-state index contributed by atoms with van der Waals surface area (Å²) in [4.78, 5) is -0.341. The molecular weight excluding hydrogens is 272 g/mol. The highest BCUT2D eigenvalue weighted by molar-refractivity contribution is 7.91. The fourth-order valence-corrected chi connectivity index (χ4v) is 3.03. The first kappa shape index (κ1) is 14.2. The van der Waals surface area contributed by atoms with Crippen LogP contribution in [0.5, 0.6) is 0 Å². The largest absolute Gasteiger partial charge is 0.380 e. The smallest absolute Gasteiger partial charge is 0.341 e. The van der Waals surface area contributed by atoms with Crippen molar-refractivity contribution >= 4 is 15.5 Å². The van der Waals surface area contributed by atoms with Crippen LogP contribution >= 0.6 is 0 Å². The zero-order valence-corrected chi connectivity index (χ0v) is 11.5. The maximum Gasteiger partial charge on any atom is 0.341 e. The summed E-state index contributed by atoms with van der Waals surface area (Å²) in [5.41, 5.74) is 0.859.